The first-order valence-corrected chi connectivity index (χ1v) is 3.73. The third-order valence-corrected chi connectivity index (χ3v) is 1.74. The standard InChI is InChI=1S/C7H8F3N3O/c1-4(6(11)14)13-3-5(2-12-13)7(8,9)10/h2-4H,1H3,(H2,11,14). The Hall–Kier alpha value is -1.53. The fourth-order valence-corrected chi connectivity index (χ4v) is 0.827. The van der Waals surface area contributed by atoms with E-state index >= 15 is 0 Å². The van der Waals surface area contributed by atoms with Crippen molar-refractivity contribution in [3.63, 3.8) is 0 Å². The van der Waals surface area contributed by atoms with Crippen molar-refractivity contribution in [3.05, 3.63) is 18.0 Å². The highest BCUT2D eigenvalue weighted by Crippen LogP contribution is 2.28. The number of hydrogen-bond acceptors (Lipinski definition) is 2. The van der Waals surface area contributed by atoms with Gasteiger partial charge in [-0.3, -0.25) is 9.48 Å². The lowest BCUT2D eigenvalue weighted by Gasteiger charge is -2.06. The molecule has 1 unspecified atom stereocenters. The molecule has 0 aromatic carbocycles. The Morgan fingerprint density at radius 1 is 1.64 bits per heavy atom. The lowest BCUT2D eigenvalue weighted by Crippen LogP contribution is -2.24. The fraction of sp³-hybridized carbons (Fsp3) is 0.429. The summed E-state index contributed by atoms with van der Waals surface area (Å²) in [6.07, 6.45) is -3.05. The third-order valence-electron chi connectivity index (χ3n) is 1.74. The molecule has 7 heteroatoms. The second-order valence-electron chi connectivity index (χ2n) is 2.79. The van der Waals surface area contributed by atoms with Gasteiger partial charge < -0.3 is 5.73 Å². The van der Waals surface area contributed by atoms with Gasteiger partial charge in [-0.1, -0.05) is 0 Å². The summed E-state index contributed by atoms with van der Waals surface area (Å²) in [6.45, 7) is 1.37. The molecule has 0 saturated heterocycles. The zero-order chi connectivity index (χ0) is 10.9. The van der Waals surface area contributed by atoms with Crippen LogP contribution in [0.1, 0.15) is 18.5 Å². The smallest absolute Gasteiger partial charge is 0.368 e. The highest BCUT2D eigenvalue weighted by atomic mass is 19.4. The van der Waals surface area contributed by atoms with Gasteiger partial charge in [0.15, 0.2) is 0 Å². The molecule has 0 aliphatic rings. The Labute approximate surface area is 77.5 Å². The molecular formula is C7H8F3N3O. The summed E-state index contributed by atoms with van der Waals surface area (Å²) >= 11 is 0. The minimum Gasteiger partial charge on any atom is -0.368 e. The monoisotopic (exact) mass is 207 g/mol. The predicted molar refractivity (Wildman–Crippen MR) is 41.1 cm³/mol. The van der Waals surface area contributed by atoms with Crippen LogP contribution in [-0.4, -0.2) is 15.7 Å². The van der Waals surface area contributed by atoms with E-state index in [0.29, 0.717) is 6.20 Å². The van der Waals surface area contributed by atoms with Crippen molar-refractivity contribution in [1.82, 2.24) is 9.78 Å². The van der Waals surface area contributed by atoms with Crippen molar-refractivity contribution in [2.75, 3.05) is 0 Å². The number of amides is 1. The molecule has 1 aromatic rings. The molecule has 0 spiro atoms. The molecule has 0 saturated carbocycles. The van der Waals surface area contributed by atoms with Crippen molar-refractivity contribution >= 4 is 5.91 Å². The summed E-state index contributed by atoms with van der Waals surface area (Å²) in [7, 11) is 0. The molecule has 4 nitrogen and oxygen atoms in total. The quantitative estimate of drug-likeness (QED) is 0.784. The van der Waals surface area contributed by atoms with E-state index in [1.54, 1.807) is 0 Å². The summed E-state index contributed by atoms with van der Waals surface area (Å²) in [5, 5.41) is 3.40. The van der Waals surface area contributed by atoms with E-state index in [1.165, 1.54) is 6.92 Å². The number of primary amides is 1. The lowest BCUT2D eigenvalue weighted by atomic mass is 10.3. The van der Waals surface area contributed by atoms with Crippen LogP contribution in [0.25, 0.3) is 0 Å². The second kappa shape index (κ2) is 3.32. The van der Waals surface area contributed by atoms with Crippen LogP contribution in [0.4, 0.5) is 13.2 Å². The minimum absolute atomic E-state index is 0.652. The molecule has 1 amide bonds. The Balaban J connectivity index is 2.94. The first-order valence-electron chi connectivity index (χ1n) is 3.73. The maximum atomic E-state index is 12.1. The molecule has 1 aromatic heterocycles. The van der Waals surface area contributed by atoms with Crippen LogP contribution in [0, 0.1) is 0 Å². The molecule has 1 atom stereocenters. The van der Waals surface area contributed by atoms with Gasteiger partial charge in [-0.05, 0) is 6.92 Å². The zero-order valence-electron chi connectivity index (χ0n) is 7.25. The maximum absolute atomic E-state index is 12.1. The number of halogens is 3. The summed E-state index contributed by atoms with van der Waals surface area (Å²) in [5.74, 6) is -0.734. The van der Waals surface area contributed by atoms with Crippen LogP contribution in [0.2, 0.25) is 0 Å². The van der Waals surface area contributed by atoms with Gasteiger partial charge in [0, 0.05) is 6.20 Å². The van der Waals surface area contributed by atoms with E-state index in [4.69, 9.17) is 5.73 Å². The summed E-state index contributed by atoms with van der Waals surface area (Å²) in [5.41, 5.74) is 4.01. The molecular weight excluding hydrogens is 199 g/mol. The van der Waals surface area contributed by atoms with E-state index in [2.05, 4.69) is 5.10 Å². The molecule has 0 fully saturated rings. The number of alkyl halides is 3. The van der Waals surface area contributed by atoms with Crippen LogP contribution in [0.5, 0.6) is 0 Å². The summed E-state index contributed by atoms with van der Waals surface area (Å²) in [4.78, 5) is 10.6. The minimum atomic E-state index is -4.45. The maximum Gasteiger partial charge on any atom is 0.419 e. The van der Waals surface area contributed by atoms with Gasteiger partial charge in [0.25, 0.3) is 0 Å². The van der Waals surface area contributed by atoms with E-state index in [0.717, 1.165) is 10.9 Å². The van der Waals surface area contributed by atoms with Gasteiger partial charge in [0.1, 0.15) is 6.04 Å². The Morgan fingerprint density at radius 3 is 2.57 bits per heavy atom. The molecule has 78 valence electrons. The number of rotatable bonds is 2. The largest absolute Gasteiger partial charge is 0.419 e. The van der Waals surface area contributed by atoms with E-state index in [9.17, 15) is 18.0 Å². The van der Waals surface area contributed by atoms with Crippen molar-refractivity contribution in [2.24, 2.45) is 5.73 Å². The molecule has 1 heterocycles. The number of aromatic nitrogens is 2. The van der Waals surface area contributed by atoms with Crippen LogP contribution in [-0.2, 0) is 11.0 Å². The molecule has 0 radical (unpaired) electrons. The van der Waals surface area contributed by atoms with Gasteiger partial charge in [0.05, 0.1) is 11.8 Å². The van der Waals surface area contributed by atoms with Crippen LogP contribution < -0.4 is 5.73 Å². The highest BCUT2D eigenvalue weighted by molar-refractivity contribution is 5.77. The van der Waals surface area contributed by atoms with Crippen molar-refractivity contribution in [2.45, 2.75) is 19.1 Å². The molecule has 2 N–H and O–H groups in total. The van der Waals surface area contributed by atoms with E-state index in [1.807, 2.05) is 0 Å². The SMILES string of the molecule is CC(C(N)=O)n1cc(C(F)(F)F)cn1. The Morgan fingerprint density at radius 2 is 2.21 bits per heavy atom. The van der Waals surface area contributed by atoms with Crippen LogP contribution >= 0.6 is 0 Å². The van der Waals surface area contributed by atoms with E-state index in [-0.39, 0.29) is 0 Å². The Kier molecular flexibility index (Phi) is 2.50. The first-order chi connectivity index (χ1) is 6.32. The molecule has 14 heavy (non-hydrogen) atoms. The topological polar surface area (TPSA) is 60.9 Å². The van der Waals surface area contributed by atoms with E-state index < -0.39 is 23.7 Å². The second-order valence-corrected chi connectivity index (χ2v) is 2.79. The van der Waals surface area contributed by atoms with Gasteiger partial charge >= 0.3 is 6.18 Å². The van der Waals surface area contributed by atoms with Crippen molar-refractivity contribution < 1.29 is 18.0 Å². The summed E-state index contributed by atoms with van der Waals surface area (Å²) < 4.78 is 37.2. The van der Waals surface area contributed by atoms with Crippen LogP contribution in [0.3, 0.4) is 0 Å². The average Bonchev–Trinajstić information content (AvgIpc) is 2.49. The third kappa shape index (κ3) is 2.04. The summed E-state index contributed by atoms with van der Waals surface area (Å²) in [6, 6.07) is -0.883. The molecule has 0 bridgehead atoms. The number of carbonyl (C=O) groups is 1. The van der Waals surface area contributed by atoms with Gasteiger partial charge in [-0.2, -0.15) is 18.3 Å². The van der Waals surface area contributed by atoms with Crippen molar-refractivity contribution in [3.8, 4) is 0 Å². The number of nitrogens with two attached hydrogens (primary N) is 1. The number of carbonyl (C=O) groups excluding carboxylic acids is 1. The van der Waals surface area contributed by atoms with Gasteiger partial charge in [-0.25, -0.2) is 0 Å². The lowest BCUT2D eigenvalue weighted by molar-refractivity contribution is -0.137. The number of nitrogens with zero attached hydrogens (tertiary/aromatic N) is 2. The fourth-order valence-electron chi connectivity index (χ4n) is 0.827. The molecule has 0 aliphatic carbocycles. The average molecular weight is 207 g/mol. The first kappa shape index (κ1) is 10.6. The normalized spacial score (nSPS) is 14.0. The van der Waals surface area contributed by atoms with Gasteiger partial charge in [0.2, 0.25) is 5.91 Å². The Bertz CT molecular complexity index is 344. The predicted octanol–water partition coefficient (Wildman–Crippen LogP) is 0.948. The molecule has 0 aliphatic heterocycles. The highest BCUT2D eigenvalue weighted by Gasteiger charge is 2.32. The molecule has 1 rings (SSSR count). The van der Waals surface area contributed by atoms with Crippen molar-refractivity contribution in [1.29, 1.82) is 0 Å². The van der Waals surface area contributed by atoms with Crippen LogP contribution in [0.15, 0.2) is 12.4 Å². The van der Waals surface area contributed by atoms with Gasteiger partial charge in [-0.15, -0.1) is 0 Å². The zero-order valence-corrected chi connectivity index (χ0v) is 7.25. The number of hydrogen-bond donors (Lipinski definition) is 1.